The van der Waals surface area contributed by atoms with Crippen molar-refractivity contribution in [2.24, 2.45) is 5.92 Å². The molecule has 2 atom stereocenters. The molecule has 2 fully saturated rings. The molecule has 1 amide bonds. The van der Waals surface area contributed by atoms with E-state index in [1.54, 1.807) is 0 Å². The Labute approximate surface area is 151 Å². The average molecular weight is 345 g/mol. The number of carbonyl (C=O) groups excluding carboxylic acids is 1. The van der Waals surface area contributed by atoms with Gasteiger partial charge in [0.05, 0.1) is 6.10 Å². The van der Waals surface area contributed by atoms with Crippen LogP contribution in [0.5, 0.6) is 0 Å². The van der Waals surface area contributed by atoms with Gasteiger partial charge >= 0.3 is 0 Å². The average Bonchev–Trinajstić information content (AvgIpc) is 2.63. The van der Waals surface area contributed by atoms with Gasteiger partial charge in [-0.25, -0.2) is 0 Å². The second-order valence-corrected chi connectivity index (χ2v) is 7.60. The lowest BCUT2D eigenvalue weighted by Gasteiger charge is -2.32. The Bertz CT molecular complexity index is 570. The molecule has 2 N–H and O–H groups in total. The summed E-state index contributed by atoms with van der Waals surface area (Å²) < 4.78 is 0. The van der Waals surface area contributed by atoms with Crippen LogP contribution < -0.4 is 5.32 Å². The Morgan fingerprint density at radius 1 is 1.20 bits per heavy atom. The van der Waals surface area contributed by atoms with Crippen LogP contribution in [0.4, 0.5) is 0 Å². The van der Waals surface area contributed by atoms with Crippen LogP contribution in [0.2, 0.25) is 0 Å². The number of amides is 1. The van der Waals surface area contributed by atoms with E-state index in [0.29, 0.717) is 6.54 Å². The van der Waals surface area contributed by atoms with E-state index in [4.69, 9.17) is 0 Å². The Balaban J connectivity index is 1.52. The lowest BCUT2D eigenvalue weighted by molar-refractivity contribution is 0.0663. The third-order valence-electron chi connectivity index (χ3n) is 5.59. The van der Waals surface area contributed by atoms with Gasteiger partial charge in [0.15, 0.2) is 0 Å². The molecule has 25 heavy (non-hydrogen) atoms. The van der Waals surface area contributed by atoms with Gasteiger partial charge in [-0.1, -0.05) is 25.0 Å². The Morgan fingerprint density at radius 2 is 1.96 bits per heavy atom. The summed E-state index contributed by atoms with van der Waals surface area (Å²) in [6, 6.07) is 7.95. The summed E-state index contributed by atoms with van der Waals surface area (Å²) in [6.07, 6.45) is 3.85. The van der Waals surface area contributed by atoms with Crippen molar-refractivity contribution < 1.29 is 9.90 Å². The molecule has 0 bridgehead atoms. The number of nitrogens with one attached hydrogen (secondary N) is 1. The SMILES string of the molecule is CN1CCN(Cc2cccc(C(=O)NC[C@H]3CCCC[C@H]3O)c2)CC1. The summed E-state index contributed by atoms with van der Waals surface area (Å²) in [6.45, 7) is 5.83. The molecular formula is C20H31N3O2. The normalized spacial score (nSPS) is 25.7. The molecule has 3 rings (SSSR count). The van der Waals surface area contributed by atoms with E-state index in [0.717, 1.165) is 64.0 Å². The second kappa shape index (κ2) is 8.79. The zero-order chi connectivity index (χ0) is 17.6. The number of hydrogen-bond donors (Lipinski definition) is 2. The maximum absolute atomic E-state index is 12.5. The molecular weight excluding hydrogens is 314 g/mol. The van der Waals surface area contributed by atoms with Crippen LogP contribution >= 0.6 is 0 Å². The van der Waals surface area contributed by atoms with Gasteiger partial charge in [0.1, 0.15) is 0 Å². The molecule has 1 saturated heterocycles. The fraction of sp³-hybridized carbons (Fsp3) is 0.650. The summed E-state index contributed by atoms with van der Waals surface area (Å²) in [5.41, 5.74) is 1.91. The first-order valence-corrected chi connectivity index (χ1v) is 9.58. The van der Waals surface area contributed by atoms with Gasteiger partial charge in [0.25, 0.3) is 5.91 Å². The first-order chi connectivity index (χ1) is 12.1. The zero-order valence-corrected chi connectivity index (χ0v) is 15.3. The Hall–Kier alpha value is -1.43. The highest BCUT2D eigenvalue weighted by Gasteiger charge is 2.23. The molecule has 138 valence electrons. The highest BCUT2D eigenvalue weighted by molar-refractivity contribution is 5.94. The van der Waals surface area contributed by atoms with Gasteiger partial charge in [0, 0.05) is 50.7 Å². The molecule has 1 aromatic carbocycles. The molecule has 5 nitrogen and oxygen atoms in total. The van der Waals surface area contributed by atoms with E-state index in [9.17, 15) is 9.90 Å². The number of carbonyl (C=O) groups is 1. The van der Waals surface area contributed by atoms with Crippen molar-refractivity contribution in [3.05, 3.63) is 35.4 Å². The fourth-order valence-electron chi connectivity index (χ4n) is 3.83. The van der Waals surface area contributed by atoms with Crippen LogP contribution in [0.15, 0.2) is 24.3 Å². The maximum Gasteiger partial charge on any atom is 0.251 e. The van der Waals surface area contributed by atoms with Gasteiger partial charge < -0.3 is 15.3 Å². The molecule has 2 aliphatic rings. The topological polar surface area (TPSA) is 55.8 Å². The van der Waals surface area contributed by atoms with E-state index in [-0.39, 0.29) is 17.9 Å². The van der Waals surface area contributed by atoms with Crippen LogP contribution in [0.3, 0.4) is 0 Å². The van der Waals surface area contributed by atoms with Gasteiger partial charge in [0.2, 0.25) is 0 Å². The van der Waals surface area contributed by atoms with Crippen LogP contribution in [0.25, 0.3) is 0 Å². The predicted octanol–water partition coefficient (Wildman–Crippen LogP) is 1.71. The molecule has 0 spiro atoms. The fourth-order valence-corrected chi connectivity index (χ4v) is 3.83. The molecule has 1 aromatic rings. The van der Waals surface area contributed by atoms with Crippen LogP contribution in [0, 0.1) is 5.92 Å². The van der Waals surface area contributed by atoms with Gasteiger partial charge in [-0.15, -0.1) is 0 Å². The van der Waals surface area contributed by atoms with E-state index in [2.05, 4.69) is 28.2 Å². The van der Waals surface area contributed by atoms with E-state index in [1.165, 1.54) is 5.56 Å². The van der Waals surface area contributed by atoms with Crippen molar-refractivity contribution in [1.29, 1.82) is 0 Å². The van der Waals surface area contributed by atoms with Crippen molar-refractivity contribution in [3.63, 3.8) is 0 Å². The van der Waals surface area contributed by atoms with Crippen molar-refractivity contribution >= 4 is 5.91 Å². The standard InChI is InChI=1S/C20H31N3O2/c1-22-9-11-23(12-10-22)15-16-5-4-7-17(13-16)20(25)21-14-18-6-2-3-8-19(18)24/h4-5,7,13,18-19,24H,2-3,6,8-12,14-15H2,1H3,(H,21,25)/t18-,19-/m1/s1. The number of benzene rings is 1. The number of rotatable bonds is 5. The lowest BCUT2D eigenvalue weighted by Crippen LogP contribution is -2.43. The molecule has 1 aliphatic heterocycles. The van der Waals surface area contributed by atoms with E-state index in [1.807, 2.05) is 18.2 Å². The number of aliphatic hydroxyl groups is 1. The van der Waals surface area contributed by atoms with Gasteiger partial charge in [-0.2, -0.15) is 0 Å². The highest BCUT2D eigenvalue weighted by atomic mass is 16.3. The van der Waals surface area contributed by atoms with Gasteiger partial charge in [-0.05, 0) is 37.6 Å². The number of aliphatic hydroxyl groups excluding tert-OH is 1. The van der Waals surface area contributed by atoms with E-state index < -0.39 is 0 Å². The van der Waals surface area contributed by atoms with Crippen molar-refractivity contribution in [2.45, 2.75) is 38.3 Å². The zero-order valence-electron chi connectivity index (χ0n) is 15.3. The third kappa shape index (κ3) is 5.27. The number of likely N-dealkylation sites (N-methyl/N-ethyl adjacent to an activating group) is 1. The first kappa shape index (κ1) is 18.4. The number of nitrogens with zero attached hydrogens (tertiary/aromatic N) is 2. The monoisotopic (exact) mass is 345 g/mol. The minimum absolute atomic E-state index is 0.0296. The second-order valence-electron chi connectivity index (χ2n) is 7.60. The summed E-state index contributed by atoms with van der Waals surface area (Å²) in [7, 11) is 2.16. The quantitative estimate of drug-likeness (QED) is 0.853. The van der Waals surface area contributed by atoms with Gasteiger partial charge in [-0.3, -0.25) is 9.69 Å². The van der Waals surface area contributed by atoms with Crippen LogP contribution in [-0.4, -0.2) is 66.7 Å². The summed E-state index contributed by atoms with van der Waals surface area (Å²) in [5.74, 6) is 0.171. The van der Waals surface area contributed by atoms with Crippen molar-refractivity contribution in [2.75, 3.05) is 39.8 Å². The Kier molecular flexibility index (Phi) is 6.45. The third-order valence-corrected chi connectivity index (χ3v) is 5.59. The lowest BCUT2D eigenvalue weighted by atomic mass is 9.86. The summed E-state index contributed by atoms with van der Waals surface area (Å²) in [4.78, 5) is 17.3. The van der Waals surface area contributed by atoms with Crippen molar-refractivity contribution in [1.82, 2.24) is 15.1 Å². The summed E-state index contributed by atoms with van der Waals surface area (Å²) >= 11 is 0. The minimum atomic E-state index is -0.266. The maximum atomic E-state index is 12.5. The molecule has 0 unspecified atom stereocenters. The highest BCUT2D eigenvalue weighted by Crippen LogP contribution is 2.23. The molecule has 0 aromatic heterocycles. The first-order valence-electron chi connectivity index (χ1n) is 9.58. The largest absolute Gasteiger partial charge is 0.393 e. The Morgan fingerprint density at radius 3 is 2.72 bits per heavy atom. The molecule has 0 radical (unpaired) electrons. The number of hydrogen-bond acceptors (Lipinski definition) is 4. The van der Waals surface area contributed by atoms with Crippen molar-refractivity contribution in [3.8, 4) is 0 Å². The molecule has 1 heterocycles. The molecule has 1 aliphatic carbocycles. The summed E-state index contributed by atoms with van der Waals surface area (Å²) in [5, 5.41) is 13.1. The van der Waals surface area contributed by atoms with E-state index >= 15 is 0 Å². The number of piperazine rings is 1. The molecule has 1 saturated carbocycles. The van der Waals surface area contributed by atoms with Crippen LogP contribution in [-0.2, 0) is 6.54 Å². The molecule has 5 heteroatoms. The smallest absolute Gasteiger partial charge is 0.251 e. The predicted molar refractivity (Wildman–Crippen MR) is 99.5 cm³/mol. The minimum Gasteiger partial charge on any atom is -0.393 e. The van der Waals surface area contributed by atoms with Crippen LogP contribution in [0.1, 0.15) is 41.6 Å².